The highest BCUT2D eigenvalue weighted by Crippen LogP contribution is 2.42. The molecule has 166 valence electrons. The van der Waals surface area contributed by atoms with Gasteiger partial charge in [-0.1, -0.05) is 19.1 Å². The summed E-state index contributed by atoms with van der Waals surface area (Å²) in [5, 5.41) is 3.55. The molecule has 1 heterocycles. The SMILES string of the molecule is CCc1nsc(N(OC(=O)C(F)(F)F)C(=O)c2cccc(C3CC3NCC3CC3)c2)n1. The van der Waals surface area contributed by atoms with Gasteiger partial charge in [0.25, 0.3) is 5.91 Å². The molecule has 2 unspecified atom stereocenters. The largest absolute Gasteiger partial charge is 0.493 e. The molecule has 2 aromatic rings. The van der Waals surface area contributed by atoms with E-state index in [0.717, 1.165) is 24.4 Å². The summed E-state index contributed by atoms with van der Waals surface area (Å²) < 4.78 is 42.3. The predicted molar refractivity (Wildman–Crippen MR) is 107 cm³/mol. The van der Waals surface area contributed by atoms with Gasteiger partial charge in [-0.05, 0) is 49.4 Å². The smallest absolute Gasteiger partial charge is 0.322 e. The van der Waals surface area contributed by atoms with Crippen molar-refractivity contribution in [3.63, 3.8) is 0 Å². The molecular weight excluding hydrogens is 433 g/mol. The van der Waals surface area contributed by atoms with Gasteiger partial charge in [0.1, 0.15) is 5.82 Å². The number of hydrogen-bond donors (Lipinski definition) is 1. The van der Waals surface area contributed by atoms with Gasteiger partial charge in [-0.3, -0.25) is 4.79 Å². The minimum absolute atomic E-state index is 0.105. The van der Waals surface area contributed by atoms with Gasteiger partial charge in [0, 0.05) is 35.5 Å². The molecule has 2 atom stereocenters. The molecule has 0 spiro atoms. The van der Waals surface area contributed by atoms with E-state index in [-0.39, 0.29) is 21.7 Å². The molecule has 4 rings (SSSR count). The Bertz CT molecular complexity index is 977. The number of aromatic nitrogens is 2. The van der Waals surface area contributed by atoms with Crippen LogP contribution in [0.15, 0.2) is 24.3 Å². The lowest BCUT2D eigenvalue weighted by atomic mass is 10.1. The van der Waals surface area contributed by atoms with Crippen molar-refractivity contribution in [2.24, 2.45) is 5.92 Å². The van der Waals surface area contributed by atoms with Crippen LogP contribution in [0.5, 0.6) is 0 Å². The summed E-state index contributed by atoms with van der Waals surface area (Å²) in [6.07, 6.45) is -1.39. The van der Waals surface area contributed by atoms with Gasteiger partial charge >= 0.3 is 12.1 Å². The number of alkyl halides is 3. The lowest BCUT2D eigenvalue weighted by molar-refractivity contribution is -0.199. The average Bonchev–Trinajstić information content (AvgIpc) is 3.66. The third-order valence-electron chi connectivity index (χ3n) is 5.26. The van der Waals surface area contributed by atoms with Crippen molar-refractivity contribution in [3.05, 3.63) is 41.2 Å². The van der Waals surface area contributed by atoms with E-state index in [9.17, 15) is 22.8 Å². The fourth-order valence-corrected chi connectivity index (χ4v) is 3.92. The van der Waals surface area contributed by atoms with E-state index >= 15 is 0 Å². The number of nitrogens with zero attached hydrogens (tertiary/aromatic N) is 3. The maximum atomic E-state index is 13.0. The van der Waals surface area contributed by atoms with Crippen LogP contribution >= 0.6 is 11.5 Å². The summed E-state index contributed by atoms with van der Waals surface area (Å²) in [6.45, 7) is 2.74. The number of amides is 1. The Hall–Kier alpha value is -2.53. The number of carbonyl (C=O) groups is 2. The maximum absolute atomic E-state index is 13.0. The van der Waals surface area contributed by atoms with Crippen LogP contribution in [0.2, 0.25) is 0 Å². The van der Waals surface area contributed by atoms with Crippen LogP contribution in [0.25, 0.3) is 0 Å². The maximum Gasteiger partial charge on any atom is 0.493 e. The topological polar surface area (TPSA) is 84.4 Å². The summed E-state index contributed by atoms with van der Waals surface area (Å²) >= 11 is 0.686. The first kappa shape index (κ1) is 21.7. The molecular formula is C20H21F3N4O3S. The zero-order valence-corrected chi connectivity index (χ0v) is 17.5. The van der Waals surface area contributed by atoms with Crippen molar-refractivity contribution >= 4 is 28.5 Å². The number of halogens is 3. The van der Waals surface area contributed by atoms with Gasteiger partial charge in [0.15, 0.2) is 0 Å². The molecule has 1 amide bonds. The molecule has 31 heavy (non-hydrogen) atoms. The van der Waals surface area contributed by atoms with E-state index in [1.165, 1.54) is 18.9 Å². The Morgan fingerprint density at radius 1 is 1.32 bits per heavy atom. The highest BCUT2D eigenvalue weighted by Gasteiger charge is 2.44. The standard InChI is InChI=1S/C20H21F3N4O3S/c1-2-16-25-19(31-26-16)27(30-18(29)20(21,22)23)17(28)13-5-3-4-12(8-13)14-9-15(14)24-10-11-6-7-11/h3-5,8,11,14-15,24H,2,6-7,9-10H2,1H3. The van der Waals surface area contributed by atoms with Crippen molar-refractivity contribution in [2.45, 2.75) is 50.7 Å². The van der Waals surface area contributed by atoms with Gasteiger partial charge in [-0.25, -0.2) is 9.78 Å². The van der Waals surface area contributed by atoms with Crippen LogP contribution in [0.1, 0.15) is 53.8 Å². The van der Waals surface area contributed by atoms with Crippen LogP contribution in [0.4, 0.5) is 18.3 Å². The van der Waals surface area contributed by atoms with Crippen LogP contribution in [0.3, 0.4) is 0 Å². The number of anilines is 1. The van der Waals surface area contributed by atoms with Crippen LogP contribution < -0.4 is 10.4 Å². The Morgan fingerprint density at radius 3 is 2.74 bits per heavy atom. The summed E-state index contributed by atoms with van der Waals surface area (Å²) in [7, 11) is 0. The molecule has 2 saturated carbocycles. The Balaban J connectivity index is 1.52. The Kier molecular flexibility index (Phi) is 5.98. The second-order valence-corrected chi connectivity index (χ2v) is 8.48. The molecule has 7 nitrogen and oxygen atoms in total. The quantitative estimate of drug-likeness (QED) is 0.644. The molecule has 2 fully saturated rings. The monoisotopic (exact) mass is 454 g/mol. The average molecular weight is 454 g/mol. The molecule has 11 heteroatoms. The van der Waals surface area contributed by atoms with Gasteiger partial charge in [-0.2, -0.15) is 17.5 Å². The van der Waals surface area contributed by atoms with E-state index in [1.54, 1.807) is 19.1 Å². The normalized spacial score (nSPS) is 20.4. The second kappa shape index (κ2) is 8.54. The first-order valence-corrected chi connectivity index (χ1v) is 10.8. The zero-order chi connectivity index (χ0) is 22.2. The van der Waals surface area contributed by atoms with Crippen LogP contribution in [0, 0.1) is 5.92 Å². The third-order valence-corrected chi connectivity index (χ3v) is 5.98. The van der Waals surface area contributed by atoms with E-state index < -0.39 is 18.1 Å². The lowest BCUT2D eigenvalue weighted by Crippen LogP contribution is -2.38. The molecule has 0 saturated heterocycles. The molecule has 1 aromatic heterocycles. The minimum atomic E-state index is -5.26. The van der Waals surface area contributed by atoms with Crippen LogP contribution in [-0.4, -0.2) is 40.0 Å². The number of aryl methyl sites for hydroxylation is 1. The highest BCUT2D eigenvalue weighted by molar-refractivity contribution is 7.09. The molecule has 0 radical (unpaired) electrons. The van der Waals surface area contributed by atoms with E-state index in [1.807, 2.05) is 6.07 Å². The number of benzene rings is 1. The number of nitrogens with one attached hydrogen (secondary N) is 1. The summed E-state index contributed by atoms with van der Waals surface area (Å²) in [5.41, 5.74) is 1.02. The highest BCUT2D eigenvalue weighted by atomic mass is 32.1. The van der Waals surface area contributed by atoms with Gasteiger partial charge in [-0.15, -0.1) is 5.06 Å². The van der Waals surface area contributed by atoms with Gasteiger partial charge in [0.2, 0.25) is 5.13 Å². The number of hydrogen-bond acceptors (Lipinski definition) is 7. The fourth-order valence-electron chi connectivity index (χ4n) is 3.22. The first-order chi connectivity index (χ1) is 14.8. The minimum Gasteiger partial charge on any atom is -0.322 e. The fraction of sp³-hybridized carbons (Fsp3) is 0.500. The van der Waals surface area contributed by atoms with Gasteiger partial charge in [0.05, 0.1) is 0 Å². The van der Waals surface area contributed by atoms with Crippen molar-refractivity contribution < 1.29 is 27.6 Å². The molecule has 2 aliphatic carbocycles. The number of carbonyl (C=O) groups excluding carboxylic acids is 2. The van der Waals surface area contributed by atoms with Crippen LogP contribution in [-0.2, 0) is 16.1 Å². The molecule has 1 N–H and O–H groups in total. The van der Waals surface area contributed by atoms with E-state index in [0.29, 0.717) is 29.8 Å². The molecule has 2 aliphatic rings. The molecule has 1 aromatic carbocycles. The molecule has 0 bridgehead atoms. The zero-order valence-electron chi connectivity index (χ0n) is 16.7. The van der Waals surface area contributed by atoms with E-state index in [2.05, 4.69) is 19.5 Å². The number of rotatable bonds is 7. The van der Waals surface area contributed by atoms with Crippen molar-refractivity contribution in [2.75, 3.05) is 11.6 Å². The lowest BCUT2D eigenvalue weighted by Gasteiger charge is -2.19. The van der Waals surface area contributed by atoms with Crippen molar-refractivity contribution in [3.8, 4) is 0 Å². The van der Waals surface area contributed by atoms with Gasteiger partial charge < -0.3 is 10.2 Å². The Morgan fingerprint density at radius 2 is 2.10 bits per heavy atom. The second-order valence-electron chi connectivity index (χ2n) is 7.75. The summed E-state index contributed by atoms with van der Waals surface area (Å²) in [6, 6.07) is 6.98. The van der Waals surface area contributed by atoms with Crippen molar-refractivity contribution in [1.29, 1.82) is 0 Å². The molecule has 0 aliphatic heterocycles. The number of hydroxylamine groups is 1. The van der Waals surface area contributed by atoms with Crippen molar-refractivity contribution in [1.82, 2.24) is 14.7 Å². The predicted octanol–water partition coefficient (Wildman–Crippen LogP) is 3.62. The summed E-state index contributed by atoms with van der Waals surface area (Å²) in [4.78, 5) is 32.8. The van der Waals surface area contributed by atoms with E-state index in [4.69, 9.17) is 0 Å². The summed E-state index contributed by atoms with van der Waals surface area (Å²) in [5.74, 6) is -2.09. The Labute approximate surface area is 180 Å². The third kappa shape index (κ3) is 5.21. The first-order valence-electron chi connectivity index (χ1n) is 10.1.